The molecule has 1 radical (unpaired) electrons. The Morgan fingerprint density at radius 1 is 0.800 bits per heavy atom. The molecule has 99 valence electrons. The van der Waals surface area contributed by atoms with Gasteiger partial charge >= 0.3 is 6.18 Å². The molecule has 3 heteroatoms. The number of rotatable bonds is 1. The van der Waals surface area contributed by atoms with E-state index < -0.39 is 11.7 Å². The van der Waals surface area contributed by atoms with Crippen LogP contribution in [0.1, 0.15) is 5.56 Å². The summed E-state index contributed by atoms with van der Waals surface area (Å²) in [5.74, 6) is 0. The first-order valence-corrected chi connectivity index (χ1v) is 6.13. The van der Waals surface area contributed by atoms with Crippen LogP contribution in [0, 0.1) is 6.07 Å². The van der Waals surface area contributed by atoms with Crippen LogP contribution in [0.4, 0.5) is 13.2 Å². The van der Waals surface area contributed by atoms with Gasteiger partial charge in [0.15, 0.2) is 0 Å². The molecule has 0 N–H and O–H groups in total. The second-order valence-corrected chi connectivity index (χ2v) is 4.52. The lowest BCUT2D eigenvalue weighted by Crippen LogP contribution is -2.03. The second kappa shape index (κ2) is 4.67. The molecule has 3 rings (SSSR count). The fourth-order valence-corrected chi connectivity index (χ4v) is 2.23. The van der Waals surface area contributed by atoms with Crippen molar-refractivity contribution in [2.75, 3.05) is 0 Å². The highest BCUT2D eigenvalue weighted by Gasteiger charge is 2.29. The summed E-state index contributed by atoms with van der Waals surface area (Å²) in [6, 6.07) is 19.8. The van der Waals surface area contributed by atoms with Gasteiger partial charge in [0.2, 0.25) is 0 Å². The third-order valence-electron chi connectivity index (χ3n) is 3.22. The Morgan fingerprint density at radius 2 is 1.50 bits per heavy atom. The summed E-state index contributed by atoms with van der Waals surface area (Å²) in [5, 5.41) is 2.02. The predicted octanol–water partition coefficient (Wildman–Crippen LogP) is 5.33. The molecule has 0 nitrogen and oxygen atoms in total. The van der Waals surface area contributed by atoms with Crippen LogP contribution in [-0.2, 0) is 6.18 Å². The van der Waals surface area contributed by atoms with Gasteiger partial charge in [-0.3, -0.25) is 0 Å². The van der Waals surface area contributed by atoms with Gasteiger partial charge in [0.1, 0.15) is 0 Å². The topological polar surface area (TPSA) is 0 Å². The van der Waals surface area contributed by atoms with E-state index in [1.165, 1.54) is 12.1 Å². The number of hydrogen-bond donors (Lipinski definition) is 0. The SMILES string of the molecule is FC(F)(F)c1ccc(-c2[c]ccc3ccccc23)cc1. The summed E-state index contributed by atoms with van der Waals surface area (Å²) < 4.78 is 37.7. The molecule has 0 unspecified atom stereocenters. The van der Waals surface area contributed by atoms with Gasteiger partial charge in [0, 0.05) is 0 Å². The van der Waals surface area contributed by atoms with Gasteiger partial charge in [0.25, 0.3) is 0 Å². The van der Waals surface area contributed by atoms with Crippen LogP contribution in [-0.4, -0.2) is 0 Å². The molecule has 0 bridgehead atoms. The third kappa shape index (κ3) is 2.27. The van der Waals surface area contributed by atoms with E-state index in [0.717, 1.165) is 34.0 Å². The molecule has 0 saturated carbocycles. The molecule has 0 fully saturated rings. The molecule has 0 atom stereocenters. The summed E-state index contributed by atoms with van der Waals surface area (Å²) >= 11 is 0. The zero-order chi connectivity index (χ0) is 14.2. The fourth-order valence-electron chi connectivity index (χ4n) is 2.23. The zero-order valence-corrected chi connectivity index (χ0v) is 10.4. The number of alkyl halides is 3. The summed E-state index contributed by atoms with van der Waals surface area (Å²) in [7, 11) is 0. The first-order chi connectivity index (χ1) is 9.55. The Kier molecular flexibility index (Phi) is 2.97. The fraction of sp³-hybridized carbons (Fsp3) is 0.0588. The van der Waals surface area contributed by atoms with Gasteiger partial charge in [-0.05, 0) is 40.1 Å². The Balaban J connectivity index is 2.12. The van der Waals surface area contributed by atoms with Gasteiger partial charge in [-0.1, -0.05) is 48.5 Å². The Morgan fingerprint density at radius 3 is 2.20 bits per heavy atom. The first-order valence-electron chi connectivity index (χ1n) is 6.13. The van der Waals surface area contributed by atoms with E-state index in [4.69, 9.17) is 0 Å². The molecule has 3 aromatic rings. The molecule has 3 aromatic carbocycles. The summed E-state index contributed by atoms with van der Waals surface area (Å²) in [6.45, 7) is 0. The van der Waals surface area contributed by atoms with Crippen molar-refractivity contribution in [1.82, 2.24) is 0 Å². The molecule has 20 heavy (non-hydrogen) atoms. The summed E-state index contributed by atoms with van der Waals surface area (Å²) in [5.41, 5.74) is 0.910. The Bertz CT molecular complexity index is 735. The Labute approximate surface area is 114 Å². The molecule has 0 spiro atoms. The molecule has 0 amide bonds. The smallest absolute Gasteiger partial charge is 0.166 e. The molecule has 0 aromatic heterocycles. The van der Waals surface area contributed by atoms with Crippen molar-refractivity contribution >= 4 is 10.8 Å². The largest absolute Gasteiger partial charge is 0.416 e. The minimum Gasteiger partial charge on any atom is -0.166 e. The first kappa shape index (κ1) is 12.7. The van der Waals surface area contributed by atoms with Crippen LogP contribution < -0.4 is 0 Å². The van der Waals surface area contributed by atoms with Crippen LogP contribution in [0.15, 0.2) is 60.7 Å². The van der Waals surface area contributed by atoms with Crippen LogP contribution in [0.5, 0.6) is 0 Å². The molecular weight excluding hydrogens is 261 g/mol. The molecular formula is C17H10F3. The molecule has 0 saturated heterocycles. The number of halogens is 3. The van der Waals surface area contributed by atoms with Gasteiger partial charge in [-0.25, -0.2) is 0 Å². The molecule has 0 aliphatic rings. The minimum atomic E-state index is -4.30. The molecule has 0 aliphatic heterocycles. The highest BCUT2D eigenvalue weighted by molar-refractivity contribution is 5.96. The van der Waals surface area contributed by atoms with E-state index in [-0.39, 0.29) is 0 Å². The van der Waals surface area contributed by atoms with E-state index >= 15 is 0 Å². The van der Waals surface area contributed by atoms with Gasteiger partial charge in [-0.2, -0.15) is 13.2 Å². The van der Waals surface area contributed by atoms with E-state index in [0.29, 0.717) is 0 Å². The van der Waals surface area contributed by atoms with E-state index in [1.807, 2.05) is 30.3 Å². The lowest BCUT2D eigenvalue weighted by Gasteiger charge is -2.09. The molecule has 0 aliphatic carbocycles. The standard InChI is InChI=1S/C17H10F3/c18-17(19,20)14-10-8-13(9-11-14)16-7-3-5-12-4-1-2-6-15(12)16/h1-6,8-11H. The van der Waals surface area contributed by atoms with Crippen LogP contribution in [0.2, 0.25) is 0 Å². The van der Waals surface area contributed by atoms with Crippen LogP contribution >= 0.6 is 0 Å². The third-order valence-corrected chi connectivity index (χ3v) is 3.22. The summed E-state index contributed by atoms with van der Waals surface area (Å²) in [6.07, 6.45) is -4.30. The quantitative estimate of drug-likeness (QED) is 0.561. The highest BCUT2D eigenvalue weighted by atomic mass is 19.4. The lowest BCUT2D eigenvalue weighted by atomic mass is 9.97. The summed E-state index contributed by atoms with van der Waals surface area (Å²) in [4.78, 5) is 0. The second-order valence-electron chi connectivity index (χ2n) is 4.52. The maximum Gasteiger partial charge on any atom is 0.416 e. The zero-order valence-electron chi connectivity index (χ0n) is 10.4. The number of benzene rings is 3. The van der Waals surface area contributed by atoms with Crippen molar-refractivity contribution < 1.29 is 13.2 Å². The monoisotopic (exact) mass is 271 g/mol. The lowest BCUT2D eigenvalue weighted by molar-refractivity contribution is -0.137. The van der Waals surface area contributed by atoms with Crippen molar-refractivity contribution in [3.63, 3.8) is 0 Å². The van der Waals surface area contributed by atoms with Crippen LogP contribution in [0.3, 0.4) is 0 Å². The maximum absolute atomic E-state index is 12.6. The predicted molar refractivity (Wildman–Crippen MR) is 73.2 cm³/mol. The van der Waals surface area contributed by atoms with Gasteiger partial charge in [-0.15, -0.1) is 0 Å². The maximum atomic E-state index is 12.6. The number of fused-ring (bicyclic) bond motifs is 1. The van der Waals surface area contributed by atoms with E-state index in [2.05, 4.69) is 6.07 Å². The minimum absolute atomic E-state index is 0.638. The van der Waals surface area contributed by atoms with E-state index in [9.17, 15) is 13.2 Å². The van der Waals surface area contributed by atoms with Crippen molar-refractivity contribution in [1.29, 1.82) is 0 Å². The van der Waals surface area contributed by atoms with Crippen molar-refractivity contribution in [3.8, 4) is 11.1 Å². The average molecular weight is 271 g/mol. The normalized spacial score (nSPS) is 11.8. The molecule has 0 heterocycles. The van der Waals surface area contributed by atoms with Crippen molar-refractivity contribution in [2.45, 2.75) is 6.18 Å². The Hall–Kier alpha value is -2.29. The number of hydrogen-bond acceptors (Lipinski definition) is 0. The van der Waals surface area contributed by atoms with Gasteiger partial charge < -0.3 is 0 Å². The van der Waals surface area contributed by atoms with Crippen LogP contribution in [0.25, 0.3) is 21.9 Å². The van der Waals surface area contributed by atoms with Gasteiger partial charge in [0.05, 0.1) is 5.56 Å². The van der Waals surface area contributed by atoms with Crippen molar-refractivity contribution in [2.24, 2.45) is 0 Å². The van der Waals surface area contributed by atoms with Crippen molar-refractivity contribution in [3.05, 3.63) is 72.3 Å². The highest BCUT2D eigenvalue weighted by Crippen LogP contribution is 2.32. The average Bonchev–Trinajstić information content (AvgIpc) is 2.46. The van der Waals surface area contributed by atoms with E-state index in [1.54, 1.807) is 6.07 Å².